The summed E-state index contributed by atoms with van der Waals surface area (Å²) in [6.07, 6.45) is 4.41. The number of ether oxygens (including phenoxy) is 4. The lowest BCUT2D eigenvalue weighted by molar-refractivity contribution is -0.145. The van der Waals surface area contributed by atoms with Crippen molar-refractivity contribution >= 4 is 24.1 Å². The highest BCUT2D eigenvalue weighted by atomic mass is 16.7. The number of rotatable bonds is 15. The van der Waals surface area contributed by atoms with E-state index in [2.05, 4.69) is 0 Å². The van der Waals surface area contributed by atoms with Crippen molar-refractivity contribution in [3.8, 4) is 11.5 Å². The van der Waals surface area contributed by atoms with Gasteiger partial charge >= 0.3 is 24.1 Å². The Balaban J connectivity index is 2.19. The normalized spacial score (nSPS) is 17.4. The maximum absolute atomic E-state index is 12.6. The molecule has 0 bridgehead atoms. The summed E-state index contributed by atoms with van der Waals surface area (Å²) in [5.41, 5.74) is 4.97. The average Bonchev–Trinajstić information content (AvgIpc) is 2.90. The molecule has 0 aliphatic heterocycles. The van der Waals surface area contributed by atoms with E-state index in [0.717, 1.165) is 44.9 Å². The number of esters is 2. The fourth-order valence-corrected chi connectivity index (χ4v) is 4.68. The fraction of sp³-hybridized carbons (Fsp3) is 0.677. The zero-order valence-electron chi connectivity index (χ0n) is 25.1. The SMILES string of the molecule is CCC(C)CC(=O)Oc1ccc(CC(N)(C[C@H](C)OC(=O)OC2CCCCC2)C(=O)O)cc1OC(=O)CC(C)CC. The summed E-state index contributed by atoms with van der Waals surface area (Å²) < 4.78 is 21.8. The van der Waals surface area contributed by atoms with Crippen molar-refractivity contribution in [2.45, 2.75) is 123 Å². The largest absolute Gasteiger partial charge is 0.508 e. The molecule has 230 valence electrons. The van der Waals surface area contributed by atoms with E-state index in [0.29, 0.717) is 5.56 Å². The van der Waals surface area contributed by atoms with Crippen molar-refractivity contribution in [1.82, 2.24) is 0 Å². The zero-order chi connectivity index (χ0) is 30.6. The molecule has 0 saturated heterocycles. The summed E-state index contributed by atoms with van der Waals surface area (Å²) >= 11 is 0. The summed E-state index contributed by atoms with van der Waals surface area (Å²) in [7, 11) is 0. The quantitative estimate of drug-likeness (QED) is 0.189. The first-order valence-electron chi connectivity index (χ1n) is 14.8. The molecule has 3 unspecified atom stereocenters. The second-order valence-electron chi connectivity index (χ2n) is 11.6. The third-order valence-corrected chi connectivity index (χ3v) is 7.59. The molecule has 1 aliphatic rings. The lowest BCUT2D eigenvalue weighted by atomic mass is 9.86. The van der Waals surface area contributed by atoms with Gasteiger partial charge in [0.1, 0.15) is 17.7 Å². The van der Waals surface area contributed by atoms with Crippen LogP contribution in [0, 0.1) is 11.8 Å². The number of benzene rings is 1. The molecule has 41 heavy (non-hydrogen) atoms. The standard InChI is InChI=1S/C31H47NO9/c1-6-20(3)15-27(33)40-25-14-13-23(17-26(25)41-28(34)16-21(4)7-2)19-31(32,29(35)36)18-22(5)38-30(37)39-24-11-9-8-10-12-24/h13-14,17,20-22,24H,6-12,15-16,18-19,32H2,1-5H3,(H,35,36)/t20?,21?,22-,31?/m0/s1. The summed E-state index contributed by atoms with van der Waals surface area (Å²) in [5.74, 6) is -1.94. The lowest BCUT2D eigenvalue weighted by Crippen LogP contribution is -2.52. The summed E-state index contributed by atoms with van der Waals surface area (Å²) in [5, 5.41) is 10.0. The van der Waals surface area contributed by atoms with E-state index in [1.165, 1.54) is 12.1 Å². The molecule has 1 aromatic rings. The van der Waals surface area contributed by atoms with Crippen molar-refractivity contribution in [1.29, 1.82) is 0 Å². The molecule has 0 heterocycles. The van der Waals surface area contributed by atoms with E-state index >= 15 is 0 Å². The number of nitrogens with two attached hydrogens (primary N) is 1. The number of carboxylic acid groups (broad SMARTS) is 1. The van der Waals surface area contributed by atoms with Gasteiger partial charge in [-0.15, -0.1) is 0 Å². The number of carbonyl (C=O) groups excluding carboxylic acids is 3. The number of carbonyl (C=O) groups is 4. The highest BCUT2D eigenvalue weighted by molar-refractivity contribution is 5.79. The van der Waals surface area contributed by atoms with Gasteiger partial charge in [0.15, 0.2) is 11.5 Å². The predicted molar refractivity (Wildman–Crippen MR) is 153 cm³/mol. The summed E-state index contributed by atoms with van der Waals surface area (Å²) in [6.45, 7) is 9.36. The molecule has 0 aromatic heterocycles. The summed E-state index contributed by atoms with van der Waals surface area (Å²) in [4.78, 5) is 49.6. The molecule has 4 atom stereocenters. The van der Waals surface area contributed by atoms with Crippen LogP contribution in [0.5, 0.6) is 11.5 Å². The van der Waals surface area contributed by atoms with Gasteiger partial charge in [-0.2, -0.15) is 0 Å². The first kappa shape index (κ1) is 34.1. The van der Waals surface area contributed by atoms with Gasteiger partial charge in [0.2, 0.25) is 0 Å². The Hall–Kier alpha value is -3.14. The van der Waals surface area contributed by atoms with E-state index in [1.807, 2.05) is 27.7 Å². The first-order valence-corrected chi connectivity index (χ1v) is 14.8. The molecule has 10 heteroatoms. The molecule has 0 radical (unpaired) electrons. The molecule has 1 aliphatic carbocycles. The molecule has 1 aromatic carbocycles. The molecule has 0 amide bonds. The second kappa shape index (κ2) is 16.3. The van der Waals surface area contributed by atoms with Gasteiger partial charge in [-0.3, -0.25) is 14.4 Å². The van der Waals surface area contributed by atoms with Gasteiger partial charge in [0, 0.05) is 25.7 Å². The molecule has 3 N–H and O–H groups in total. The van der Waals surface area contributed by atoms with Crippen LogP contribution in [0.1, 0.15) is 104 Å². The Morgan fingerprint density at radius 1 is 0.927 bits per heavy atom. The van der Waals surface area contributed by atoms with Gasteiger partial charge in [-0.05, 0) is 62.1 Å². The van der Waals surface area contributed by atoms with Gasteiger partial charge in [-0.1, -0.05) is 53.0 Å². The van der Waals surface area contributed by atoms with Crippen LogP contribution in [0.15, 0.2) is 18.2 Å². The molecule has 10 nitrogen and oxygen atoms in total. The Morgan fingerprint density at radius 3 is 2.02 bits per heavy atom. The van der Waals surface area contributed by atoms with Crippen molar-refractivity contribution in [3.63, 3.8) is 0 Å². The maximum atomic E-state index is 12.6. The van der Waals surface area contributed by atoms with Gasteiger partial charge in [0.25, 0.3) is 0 Å². The Labute approximate surface area is 243 Å². The zero-order valence-corrected chi connectivity index (χ0v) is 25.1. The molecule has 1 saturated carbocycles. The monoisotopic (exact) mass is 577 g/mol. The lowest BCUT2D eigenvalue weighted by Gasteiger charge is -2.28. The predicted octanol–water partition coefficient (Wildman–Crippen LogP) is 5.96. The fourth-order valence-electron chi connectivity index (χ4n) is 4.68. The number of hydrogen-bond donors (Lipinski definition) is 2. The minimum Gasteiger partial charge on any atom is -0.480 e. The Morgan fingerprint density at radius 2 is 1.49 bits per heavy atom. The van der Waals surface area contributed by atoms with E-state index in [-0.39, 0.29) is 55.1 Å². The van der Waals surface area contributed by atoms with Crippen molar-refractivity contribution in [2.75, 3.05) is 0 Å². The van der Waals surface area contributed by atoms with E-state index < -0.39 is 35.7 Å². The van der Waals surface area contributed by atoms with E-state index in [1.54, 1.807) is 13.0 Å². The number of aliphatic carboxylic acids is 1. The molecule has 0 spiro atoms. The molecule has 1 fully saturated rings. The van der Waals surface area contributed by atoms with Crippen molar-refractivity contribution in [2.24, 2.45) is 17.6 Å². The molecular weight excluding hydrogens is 530 g/mol. The highest BCUT2D eigenvalue weighted by Crippen LogP contribution is 2.32. The minimum atomic E-state index is -1.81. The third kappa shape index (κ3) is 11.7. The van der Waals surface area contributed by atoms with Crippen LogP contribution >= 0.6 is 0 Å². The highest BCUT2D eigenvalue weighted by Gasteiger charge is 2.37. The van der Waals surface area contributed by atoms with Gasteiger partial charge in [0.05, 0.1) is 0 Å². The molecule has 2 rings (SSSR count). The smallest absolute Gasteiger partial charge is 0.480 e. The molecular formula is C31H47NO9. The van der Waals surface area contributed by atoms with Crippen LogP contribution < -0.4 is 15.2 Å². The third-order valence-electron chi connectivity index (χ3n) is 7.59. The van der Waals surface area contributed by atoms with Crippen LogP contribution in [0.25, 0.3) is 0 Å². The van der Waals surface area contributed by atoms with Crippen LogP contribution in [0.3, 0.4) is 0 Å². The topological polar surface area (TPSA) is 151 Å². The van der Waals surface area contributed by atoms with Gasteiger partial charge < -0.3 is 29.8 Å². The first-order chi connectivity index (χ1) is 19.3. The van der Waals surface area contributed by atoms with Crippen LogP contribution in [0.4, 0.5) is 4.79 Å². The number of hydrogen-bond acceptors (Lipinski definition) is 9. The van der Waals surface area contributed by atoms with Crippen LogP contribution in [0.2, 0.25) is 0 Å². The van der Waals surface area contributed by atoms with E-state index in [9.17, 15) is 24.3 Å². The van der Waals surface area contributed by atoms with E-state index in [4.69, 9.17) is 24.7 Å². The maximum Gasteiger partial charge on any atom is 0.508 e. The van der Waals surface area contributed by atoms with Gasteiger partial charge in [-0.25, -0.2) is 4.79 Å². The van der Waals surface area contributed by atoms with Crippen molar-refractivity contribution in [3.05, 3.63) is 23.8 Å². The minimum absolute atomic E-state index is 0.0152. The van der Waals surface area contributed by atoms with Crippen LogP contribution in [-0.2, 0) is 30.3 Å². The Kier molecular flexibility index (Phi) is 13.6. The second-order valence-corrected chi connectivity index (χ2v) is 11.6. The number of carboxylic acids is 1. The van der Waals surface area contributed by atoms with Crippen LogP contribution in [-0.4, -0.2) is 46.9 Å². The Bertz CT molecular complexity index is 1040. The summed E-state index contributed by atoms with van der Waals surface area (Å²) in [6, 6.07) is 4.51. The average molecular weight is 578 g/mol. The van der Waals surface area contributed by atoms with Crippen molar-refractivity contribution < 1.29 is 43.2 Å².